The highest BCUT2D eigenvalue weighted by Gasteiger charge is 2.04. The van der Waals surface area contributed by atoms with Crippen LogP contribution in [0, 0.1) is 0 Å². The zero-order valence-electron chi connectivity index (χ0n) is 8.94. The molecular weight excluding hydrogens is 278 g/mol. The van der Waals surface area contributed by atoms with Crippen LogP contribution < -0.4 is 5.32 Å². The maximum atomic E-state index is 4.16. The van der Waals surface area contributed by atoms with Crippen molar-refractivity contribution in [2.24, 2.45) is 0 Å². The number of hydrogen-bond donors (Lipinski definition) is 2. The van der Waals surface area contributed by atoms with Crippen LogP contribution in [0.4, 0.5) is 11.6 Å². The molecule has 1 heterocycles. The summed E-state index contributed by atoms with van der Waals surface area (Å²) in [4.78, 5) is 7.19. The fourth-order valence-corrected chi connectivity index (χ4v) is 2.31. The van der Waals surface area contributed by atoms with Gasteiger partial charge in [0, 0.05) is 27.9 Å². The predicted octanol–water partition coefficient (Wildman–Crippen LogP) is 4.07. The lowest BCUT2D eigenvalue weighted by Gasteiger charge is -2.08. The fraction of sp³-hybridized carbons (Fsp3) is 0. The molecule has 0 spiro atoms. The van der Waals surface area contributed by atoms with Gasteiger partial charge in [0.1, 0.15) is 0 Å². The van der Waals surface area contributed by atoms with E-state index in [0.717, 1.165) is 16.1 Å². The summed E-state index contributed by atoms with van der Waals surface area (Å²) in [6.45, 7) is 0. The van der Waals surface area contributed by atoms with Gasteiger partial charge in [-0.25, -0.2) is 4.98 Å². The van der Waals surface area contributed by atoms with Crippen molar-refractivity contribution in [1.29, 1.82) is 0 Å². The Kier molecular flexibility index (Phi) is 2.57. The Balaban J connectivity index is 2.14. The van der Waals surface area contributed by atoms with E-state index in [9.17, 15) is 0 Å². The van der Waals surface area contributed by atoms with Gasteiger partial charge in [0.15, 0.2) is 0 Å². The summed E-state index contributed by atoms with van der Waals surface area (Å²) >= 11 is 3.56. The topological polar surface area (TPSA) is 40.7 Å². The molecule has 17 heavy (non-hydrogen) atoms. The van der Waals surface area contributed by atoms with Gasteiger partial charge in [-0.1, -0.05) is 40.2 Å². The van der Waals surface area contributed by atoms with E-state index in [1.165, 1.54) is 10.8 Å². The number of nitrogens with one attached hydrogen (secondary N) is 2. The van der Waals surface area contributed by atoms with E-state index < -0.39 is 0 Å². The minimum atomic E-state index is 0.748. The molecule has 0 unspecified atom stereocenters. The van der Waals surface area contributed by atoms with Gasteiger partial charge in [0.2, 0.25) is 5.95 Å². The number of H-pyrrole nitrogens is 1. The zero-order chi connectivity index (χ0) is 11.7. The number of hydrogen-bond acceptors (Lipinski definition) is 2. The monoisotopic (exact) mass is 287 g/mol. The number of fused-ring (bicyclic) bond motifs is 1. The Morgan fingerprint density at radius 3 is 2.65 bits per heavy atom. The molecular formula is C13H10BrN3. The molecule has 0 bridgehead atoms. The summed E-state index contributed by atoms with van der Waals surface area (Å²) in [7, 11) is 0. The zero-order valence-corrected chi connectivity index (χ0v) is 10.5. The first-order chi connectivity index (χ1) is 8.34. The average Bonchev–Trinajstić information content (AvgIpc) is 2.86. The molecule has 0 saturated heterocycles. The van der Waals surface area contributed by atoms with Gasteiger partial charge in [-0.05, 0) is 17.5 Å². The third-order valence-corrected chi connectivity index (χ3v) is 3.31. The number of aromatic amines is 1. The summed E-state index contributed by atoms with van der Waals surface area (Å²) in [5.41, 5.74) is 1.04. The van der Waals surface area contributed by atoms with E-state index in [-0.39, 0.29) is 0 Å². The van der Waals surface area contributed by atoms with Crippen molar-refractivity contribution in [3.63, 3.8) is 0 Å². The first kappa shape index (κ1) is 10.4. The van der Waals surface area contributed by atoms with Crippen LogP contribution in [-0.2, 0) is 0 Å². The van der Waals surface area contributed by atoms with Crippen LogP contribution in [0.1, 0.15) is 0 Å². The molecule has 0 aliphatic carbocycles. The maximum absolute atomic E-state index is 4.16. The number of nitrogens with zero attached hydrogens (tertiary/aromatic N) is 1. The summed E-state index contributed by atoms with van der Waals surface area (Å²) in [5, 5.41) is 5.62. The largest absolute Gasteiger partial charge is 0.331 e. The van der Waals surface area contributed by atoms with Crippen molar-refractivity contribution in [3.8, 4) is 0 Å². The molecule has 0 atom stereocenters. The van der Waals surface area contributed by atoms with Crippen LogP contribution in [0.3, 0.4) is 0 Å². The Hall–Kier alpha value is -1.81. The highest BCUT2D eigenvalue weighted by atomic mass is 79.9. The molecule has 0 radical (unpaired) electrons. The first-order valence-corrected chi connectivity index (χ1v) is 6.07. The van der Waals surface area contributed by atoms with Crippen LogP contribution in [0.15, 0.2) is 53.3 Å². The number of aromatic nitrogens is 2. The second-order valence-corrected chi connectivity index (χ2v) is 4.56. The van der Waals surface area contributed by atoms with E-state index in [1.807, 2.05) is 24.3 Å². The molecule has 2 aromatic carbocycles. The number of imidazole rings is 1. The summed E-state index contributed by atoms with van der Waals surface area (Å²) in [6, 6.07) is 12.3. The number of benzene rings is 2. The Labute approximate surface area is 107 Å². The van der Waals surface area contributed by atoms with E-state index >= 15 is 0 Å². The second kappa shape index (κ2) is 4.22. The highest BCUT2D eigenvalue weighted by molar-refractivity contribution is 9.10. The number of anilines is 2. The summed E-state index contributed by atoms with van der Waals surface area (Å²) in [6.07, 6.45) is 3.52. The average molecular weight is 288 g/mol. The van der Waals surface area contributed by atoms with Gasteiger partial charge in [-0.2, -0.15) is 0 Å². The van der Waals surface area contributed by atoms with Gasteiger partial charge in [-0.15, -0.1) is 0 Å². The second-order valence-electron chi connectivity index (χ2n) is 3.70. The lowest BCUT2D eigenvalue weighted by molar-refractivity contribution is 1.29. The molecule has 0 amide bonds. The molecule has 0 aliphatic heterocycles. The predicted molar refractivity (Wildman–Crippen MR) is 73.5 cm³/mol. The third-order valence-electron chi connectivity index (χ3n) is 2.62. The quantitative estimate of drug-likeness (QED) is 0.746. The molecule has 3 nitrogen and oxygen atoms in total. The third kappa shape index (κ3) is 1.91. The van der Waals surface area contributed by atoms with Gasteiger partial charge in [0.05, 0.1) is 0 Å². The molecule has 0 aliphatic rings. The van der Waals surface area contributed by atoms with Crippen LogP contribution in [0.25, 0.3) is 10.8 Å². The normalized spacial score (nSPS) is 10.6. The molecule has 0 saturated carbocycles. The SMILES string of the molecule is Brc1ccc(Nc2ncc[nH]2)c2ccccc12. The van der Waals surface area contributed by atoms with E-state index in [1.54, 1.807) is 12.4 Å². The molecule has 4 heteroatoms. The number of halogens is 1. The highest BCUT2D eigenvalue weighted by Crippen LogP contribution is 2.30. The van der Waals surface area contributed by atoms with Gasteiger partial charge >= 0.3 is 0 Å². The van der Waals surface area contributed by atoms with Crippen molar-refractivity contribution in [1.82, 2.24) is 9.97 Å². The van der Waals surface area contributed by atoms with Crippen LogP contribution in [0.2, 0.25) is 0 Å². The minimum absolute atomic E-state index is 0.748. The van der Waals surface area contributed by atoms with Crippen LogP contribution in [-0.4, -0.2) is 9.97 Å². The Morgan fingerprint density at radius 2 is 1.88 bits per heavy atom. The van der Waals surface area contributed by atoms with Crippen molar-refractivity contribution in [3.05, 3.63) is 53.3 Å². The van der Waals surface area contributed by atoms with Crippen molar-refractivity contribution < 1.29 is 0 Å². The van der Waals surface area contributed by atoms with Gasteiger partial charge in [-0.3, -0.25) is 0 Å². The van der Waals surface area contributed by atoms with E-state index in [0.29, 0.717) is 0 Å². The molecule has 2 N–H and O–H groups in total. The number of rotatable bonds is 2. The molecule has 84 valence electrons. The molecule has 3 aromatic rings. The Morgan fingerprint density at radius 1 is 1.06 bits per heavy atom. The van der Waals surface area contributed by atoms with Crippen LogP contribution in [0.5, 0.6) is 0 Å². The Bertz CT molecular complexity index is 647. The summed E-state index contributed by atoms with van der Waals surface area (Å²) in [5.74, 6) is 0.748. The van der Waals surface area contributed by atoms with Crippen molar-refractivity contribution in [2.75, 3.05) is 5.32 Å². The summed E-state index contributed by atoms with van der Waals surface area (Å²) < 4.78 is 1.10. The first-order valence-electron chi connectivity index (χ1n) is 5.28. The lowest BCUT2D eigenvalue weighted by Crippen LogP contribution is -1.93. The van der Waals surface area contributed by atoms with Crippen molar-refractivity contribution in [2.45, 2.75) is 0 Å². The van der Waals surface area contributed by atoms with E-state index in [4.69, 9.17) is 0 Å². The maximum Gasteiger partial charge on any atom is 0.204 e. The minimum Gasteiger partial charge on any atom is -0.331 e. The smallest absolute Gasteiger partial charge is 0.204 e. The van der Waals surface area contributed by atoms with Crippen molar-refractivity contribution >= 4 is 38.3 Å². The fourth-order valence-electron chi connectivity index (χ4n) is 1.83. The lowest BCUT2D eigenvalue weighted by atomic mass is 10.1. The standard InChI is InChI=1S/C13H10BrN3/c14-11-5-6-12(17-13-15-7-8-16-13)10-4-2-1-3-9(10)11/h1-8H,(H2,15,16,17). The van der Waals surface area contributed by atoms with E-state index in [2.05, 4.69) is 43.3 Å². The molecule has 1 aromatic heterocycles. The van der Waals surface area contributed by atoms with Crippen LogP contribution >= 0.6 is 15.9 Å². The van der Waals surface area contributed by atoms with Gasteiger partial charge < -0.3 is 10.3 Å². The van der Waals surface area contributed by atoms with Gasteiger partial charge in [0.25, 0.3) is 0 Å². The molecule has 0 fully saturated rings. The molecule has 3 rings (SSSR count).